The molecule has 1 aromatic heterocycles. The molecular weight excluding hydrogens is 480 g/mol. The highest BCUT2D eigenvalue weighted by Crippen LogP contribution is 2.32. The number of aromatic nitrogens is 1. The number of nitriles is 1. The summed E-state index contributed by atoms with van der Waals surface area (Å²) in [6.45, 7) is 1.79. The summed E-state index contributed by atoms with van der Waals surface area (Å²) in [5.74, 6) is 0.481. The Bertz CT molecular complexity index is 1240. The predicted octanol–water partition coefficient (Wildman–Crippen LogP) is 3.14. The topological polar surface area (TPSA) is 147 Å². The van der Waals surface area contributed by atoms with Crippen molar-refractivity contribution in [3.05, 3.63) is 41.5 Å². The molecular formula is C25H32N6O4S. The molecule has 4 bridgehead atoms. The molecule has 3 heterocycles. The summed E-state index contributed by atoms with van der Waals surface area (Å²) < 4.78 is 27.0. The Kier molecular flexibility index (Phi) is 8.28. The van der Waals surface area contributed by atoms with Crippen molar-refractivity contribution in [2.24, 2.45) is 5.92 Å². The molecule has 4 N–H and O–H groups in total. The molecule has 2 aliphatic heterocycles. The number of benzene rings is 1. The zero-order valence-corrected chi connectivity index (χ0v) is 21.0. The zero-order chi connectivity index (χ0) is 25.5. The van der Waals surface area contributed by atoms with E-state index in [4.69, 9.17) is 5.11 Å². The van der Waals surface area contributed by atoms with Gasteiger partial charge in [0.05, 0.1) is 34.9 Å². The first-order chi connectivity index (χ1) is 17.4. The van der Waals surface area contributed by atoms with Gasteiger partial charge in [0.15, 0.2) is 0 Å². The second-order valence-electron chi connectivity index (χ2n) is 9.27. The molecule has 36 heavy (non-hydrogen) atoms. The number of carbonyl (C=O) groups excluding carboxylic acids is 1. The first kappa shape index (κ1) is 25.7. The third kappa shape index (κ3) is 6.44. The molecule has 1 fully saturated rings. The minimum absolute atomic E-state index is 0.323. The van der Waals surface area contributed by atoms with Crippen molar-refractivity contribution in [2.45, 2.75) is 38.5 Å². The molecule has 2 aromatic rings. The fraction of sp³-hybridized carbons (Fsp3) is 0.480. The van der Waals surface area contributed by atoms with Gasteiger partial charge in [-0.25, -0.2) is 13.4 Å². The number of aliphatic hydroxyl groups is 1. The molecule has 192 valence electrons. The van der Waals surface area contributed by atoms with Gasteiger partial charge in [-0.1, -0.05) is 12.8 Å². The van der Waals surface area contributed by atoms with Crippen molar-refractivity contribution in [1.29, 1.82) is 5.26 Å². The zero-order valence-electron chi connectivity index (χ0n) is 20.2. The number of fused-ring (bicyclic) bond motifs is 6. The number of carbonyl (C=O) groups is 1. The molecule has 10 nitrogen and oxygen atoms in total. The first-order valence-corrected chi connectivity index (χ1v) is 14.0. The number of amides is 1. The van der Waals surface area contributed by atoms with E-state index >= 15 is 0 Å². The lowest BCUT2D eigenvalue weighted by Gasteiger charge is -2.36. The van der Waals surface area contributed by atoms with Crippen LogP contribution in [-0.4, -0.2) is 56.4 Å². The first-order valence-electron chi connectivity index (χ1n) is 12.4. The molecule has 0 spiro atoms. The standard InChI is InChI=1S/C25H32N6O4S/c26-16-19-7-10-23-28-24(19)27-11-3-1-2-5-18-6-4-12-31(17-18)22-15-20(30-36(34,35)14-13-32)8-9-21(22)25(33)29-23/h7-10,15,18,30,32H,1-6,11-14,17H2,(H2,27,28,29,33). The van der Waals surface area contributed by atoms with Crippen molar-refractivity contribution in [3.63, 3.8) is 0 Å². The van der Waals surface area contributed by atoms with Gasteiger partial charge in [-0.3, -0.25) is 9.52 Å². The minimum Gasteiger partial charge on any atom is -0.395 e. The van der Waals surface area contributed by atoms with Gasteiger partial charge < -0.3 is 20.6 Å². The summed E-state index contributed by atoms with van der Waals surface area (Å²) in [6, 6.07) is 10.2. The van der Waals surface area contributed by atoms with Crippen LogP contribution >= 0.6 is 0 Å². The fourth-order valence-corrected chi connectivity index (χ4v) is 5.63. The molecule has 1 saturated heterocycles. The van der Waals surface area contributed by atoms with Crippen LogP contribution in [0.25, 0.3) is 0 Å². The third-order valence-corrected chi connectivity index (χ3v) is 7.84. The van der Waals surface area contributed by atoms with Crippen LogP contribution in [0.2, 0.25) is 0 Å². The predicted molar refractivity (Wildman–Crippen MR) is 140 cm³/mol. The number of rotatable bonds is 4. The van der Waals surface area contributed by atoms with E-state index in [1.165, 1.54) is 0 Å². The lowest BCUT2D eigenvalue weighted by atomic mass is 9.91. The number of piperidine rings is 1. The third-order valence-electron chi connectivity index (χ3n) is 6.57. The van der Waals surface area contributed by atoms with E-state index in [1.54, 1.807) is 30.3 Å². The monoisotopic (exact) mass is 512 g/mol. The normalized spacial score (nSPS) is 18.8. The number of hydrogen-bond acceptors (Lipinski definition) is 8. The van der Waals surface area contributed by atoms with Crippen LogP contribution in [0.5, 0.6) is 0 Å². The van der Waals surface area contributed by atoms with Crippen LogP contribution in [0.4, 0.5) is 23.0 Å². The number of nitrogens with zero attached hydrogens (tertiary/aromatic N) is 3. The van der Waals surface area contributed by atoms with E-state index < -0.39 is 22.4 Å². The molecule has 1 unspecified atom stereocenters. The Morgan fingerprint density at radius 3 is 2.81 bits per heavy atom. The van der Waals surface area contributed by atoms with E-state index in [0.717, 1.165) is 51.6 Å². The highest BCUT2D eigenvalue weighted by atomic mass is 32.2. The number of sulfonamides is 1. The SMILES string of the molecule is N#Cc1ccc2nc1NCCCCCC1CCCN(C1)c1cc(NS(=O)(=O)CCO)ccc1C(=O)N2. The number of pyridine rings is 1. The van der Waals surface area contributed by atoms with Gasteiger partial charge in [0.2, 0.25) is 10.0 Å². The number of hydrogen-bond donors (Lipinski definition) is 4. The molecule has 11 heteroatoms. The molecule has 1 aromatic carbocycles. The number of aliphatic hydroxyl groups excluding tert-OH is 1. The van der Waals surface area contributed by atoms with E-state index in [9.17, 15) is 18.5 Å². The van der Waals surface area contributed by atoms with Gasteiger partial charge in [0.1, 0.15) is 17.7 Å². The smallest absolute Gasteiger partial charge is 0.258 e. The molecule has 0 aliphatic carbocycles. The quantitative estimate of drug-likeness (QED) is 0.488. The summed E-state index contributed by atoms with van der Waals surface area (Å²) in [6.07, 6.45) is 6.31. The molecule has 2 aliphatic rings. The Hall–Kier alpha value is -3.36. The summed E-state index contributed by atoms with van der Waals surface area (Å²) in [4.78, 5) is 20.0. The second kappa shape index (κ2) is 11.6. The molecule has 4 rings (SSSR count). The van der Waals surface area contributed by atoms with Crippen molar-refractivity contribution in [1.82, 2.24) is 4.98 Å². The van der Waals surface area contributed by atoms with Crippen molar-refractivity contribution in [2.75, 3.05) is 52.2 Å². The summed E-state index contributed by atoms with van der Waals surface area (Å²) in [7, 11) is -3.71. The fourth-order valence-electron chi connectivity index (χ4n) is 4.80. The van der Waals surface area contributed by atoms with Crippen LogP contribution in [0.15, 0.2) is 30.3 Å². The Balaban J connectivity index is 1.71. The Morgan fingerprint density at radius 1 is 1.17 bits per heavy atom. The van der Waals surface area contributed by atoms with Crippen LogP contribution in [0, 0.1) is 17.2 Å². The Labute approximate surface area is 211 Å². The maximum Gasteiger partial charge on any atom is 0.258 e. The van der Waals surface area contributed by atoms with Crippen molar-refractivity contribution >= 4 is 38.9 Å². The number of anilines is 4. The molecule has 0 radical (unpaired) electrons. The molecule has 1 amide bonds. The summed E-state index contributed by atoms with van der Waals surface area (Å²) in [5, 5.41) is 24.6. The van der Waals surface area contributed by atoms with Gasteiger partial charge in [0, 0.05) is 19.6 Å². The average molecular weight is 513 g/mol. The second-order valence-corrected chi connectivity index (χ2v) is 11.1. The highest BCUT2D eigenvalue weighted by molar-refractivity contribution is 7.92. The van der Waals surface area contributed by atoms with E-state index in [0.29, 0.717) is 46.6 Å². The Morgan fingerprint density at radius 2 is 2.00 bits per heavy atom. The van der Waals surface area contributed by atoms with E-state index in [2.05, 4.69) is 31.3 Å². The van der Waals surface area contributed by atoms with Crippen LogP contribution in [-0.2, 0) is 10.0 Å². The maximum atomic E-state index is 13.4. The van der Waals surface area contributed by atoms with Crippen molar-refractivity contribution < 1.29 is 18.3 Å². The van der Waals surface area contributed by atoms with E-state index in [-0.39, 0.29) is 5.91 Å². The average Bonchev–Trinajstić information content (AvgIpc) is 2.85. The lowest BCUT2D eigenvalue weighted by molar-refractivity contribution is 0.102. The maximum absolute atomic E-state index is 13.4. The lowest BCUT2D eigenvalue weighted by Crippen LogP contribution is -2.36. The molecule has 0 saturated carbocycles. The van der Waals surface area contributed by atoms with Gasteiger partial charge in [0.25, 0.3) is 5.91 Å². The highest BCUT2D eigenvalue weighted by Gasteiger charge is 2.25. The van der Waals surface area contributed by atoms with E-state index in [1.807, 2.05) is 0 Å². The molecule has 1 atom stereocenters. The van der Waals surface area contributed by atoms with Gasteiger partial charge in [-0.05, 0) is 61.9 Å². The number of nitrogens with one attached hydrogen (secondary N) is 3. The van der Waals surface area contributed by atoms with Gasteiger partial charge >= 0.3 is 0 Å². The van der Waals surface area contributed by atoms with Crippen LogP contribution < -0.4 is 20.3 Å². The minimum atomic E-state index is -3.71. The largest absolute Gasteiger partial charge is 0.395 e. The van der Waals surface area contributed by atoms with Gasteiger partial charge in [-0.2, -0.15) is 5.26 Å². The van der Waals surface area contributed by atoms with Crippen LogP contribution in [0.3, 0.4) is 0 Å². The van der Waals surface area contributed by atoms with Gasteiger partial charge in [-0.15, -0.1) is 0 Å². The van der Waals surface area contributed by atoms with Crippen molar-refractivity contribution in [3.8, 4) is 6.07 Å². The summed E-state index contributed by atoms with van der Waals surface area (Å²) in [5.41, 5.74) is 1.82. The van der Waals surface area contributed by atoms with Crippen LogP contribution in [0.1, 0.15) is 54.4 Å². The summed E-state index contributed by atoms with van der Waals surface area (Å²) >= 11 is 0.